The summed E-state index contributed by atoms with van der Waals surface area (Å²) in [6.45, 7) is 7.92. The number of carbonyl (C=O) groups is 1. The van der Waals surface area contributed by atoms with E-state index in [1.807, 2.05) is 7.05 Å². The number of hydrogen-bond acceptors (Lipinski definition) is 2. The number of piperazine rings is 1. The lowest BCUT2D eigenvalue weighted by molar-refractivity contribution is -0.134. The summed E-state index contributed by atoms with van der Waals surface area (Å²) in [5.74, 6) is 0.906. The van der Waals surface area contributed by atoms with E-state index in [0.717, 1.165) is 19.6 Å². The van der Waals surface area contributed by atoms with Crippen LogP contribution in [0.3, 0.4) is 0 Å². The third-order valence-corrected chi connectivity index (χ3v) is 2.16. The molecule has 0 spiro atoms. The Balaban J connectivity index is 2.35. The molecule has 0 aliphatic carbocycles. The van der Waals surface area contributed by atoms with E-state index in [-0.39, 0.29) is 5.91 Å². The van der Waals surface area contributed by atoms with Gasteiger partial charge in [0.2, 0.25) is 5.91 Å². The van der Waals surface area contributed by atoms with Crippen molar-refractivity contribution in [3.8, 4) is 0 Å². The molecule has 1 heterocycles. The summed E-state index contributed by atoms with van der Waals surface area (Å²) in [7, 11) is 1.87. The largest absolute Gasteiger partial charge is 0.343 e. The van der Waals surface area contributed by atoms with Gasteiger partial charge < -0.3 is 4.90 Å². The molecule has 0 atom stereocenters. The van der Waals surface area contributed by atoms with Gasteiger partial charge >= 0.3 is 0 Å². The minimum Gasteiger partial charge on any atom is -0.343 e. The molecule has 0 N–H and O–H groups in total. The quantitative estimate of drug-likeness (QED) is 0.599. The van der Waals surface area contributed by atoms with Gasteiger partial charge in [0, 0.05) is 26.7 Å². The summed E-state index contributed by atoms with van der Waals surface area (Å²) in [6, 6.07) is 0. The fourth-order valence-corrected chi connectivity index (χ4v) is 1.48. The average Bonchev–Trinajstić information content (AvgIpc) is 1.96. The fraction of sp³-hybridized carbons (Fsp3) is 0.889. The molecule has 1 amide bonds. The molecular weight excluding hydrogens is 152 g/mol. The van der Waals surface area contributed by atoms with Crippen molar-refractivity contribution >= 4 is 5.91 Å². The van der Waals surface area contributed by atoms with Gasteiger partial charge in [-0.3, -0.25) is 9.69 Å². The third kappa shape index (κ3) is 2.48. The second-order valence-corrected chi connectivity index (χ2v) is 3.94. The second kappa shape index (κ2) is 3.90. The molecule has 1 saturated heterocycles. The first kappa shape index (κ1) is 9.52. The van der Waals surface area contributed by atoms with Gasteiger partial charge in [0.25, 0.3) is 0 Å². The van der Waals surface area contributed by atoms with Gasteiger partial charge in [-0.2, -0.15) is 0 Å². The summed E-state index contributed by atoms with van der Waals surface area (Å²) in [5.41, 5.74) is 0. The smallest absolute Gasteiger partial charge is 0.236 e. The van der Waals surface area contributed by atoms with Crippen LogP contribution >= 0.6 is 0 Å². The van der Waals surface area contributed by atoms with Crippen LogP contribution in [0.1, 0.15) is 13.8 Å². The van der Waals surface area contributed by atoms with E-state index in [1.54, 1.807) is 4.90 Å². The summed E-state index contributed by atoms with van der Waals surface area (Å²) < 4.78 is 0. The van der Waals surface area contributed by atoms with Crippen molar-refractivity contribution in [3.05, 3.63) is 0 Å². The van der Waals surface area contributed by atoms with Crippen LogP contribution in [0.5, 0.6) is 0 Å². The lowest BCUT2D eigenvalue weighted by Crippen LogP contribution is -2.49. The van der Waals surface area contributed by atoms with Gasteiger partial charge in [-0.1, -0.05) is 13.8 Å². The van der Waals surface area contributed by atoms with Crippen LogP contribution in [0, 0.1) is 5.92 Å². The lowest BCUT2D eigenvalue weighted by atomic mass is 10.2. The maximum Gasteiger partial charge on any atom is 0.236 e. The van der Waals surface area contributed by atoms with Crippen LogP contribution in [0.25, 0.3) is 0 Å². The van der Waals surface area contributed by atoms with Crippen LogP contribution in [-0.4, -0.2) is 48.9 Å². The highest BCUT2D eigenvalue weighted by Gasteiger charge is 2.20. The molecule has 0 saturated carbocycles. The van der Waals surface area contributed by atoms with Crippen molar-refractivity contribution < 1.29 is 4.79 Å². The van der Waals surface area contributed by atoms with E-state index in [2.05, 4.69) is 18.7 Å². The molecule has 3 heteroatoms. The molecule has 0 unspecified atom stereocenters. The number of likely N-dealkylation sites (N-methyl/N-ethyl adjacent to an activating group) is 1. The Morgan fingerprint density at radius 2 is 2.08 bits per heavy atom. The standard InChI is InChI=1S/C9H18N2O/c1-8(2)6-11-5-4-10(3)9(12)7-11/h8H,4-7H2,1-3H3. The van der Waals surface area contributed by atoms with E-state index in [4.69, 9.17) is 0 Å². The van der Waals surface area contributed by atoms with Gasteiger partial charge in [-0.15, -0.1) is 0 Å². The molecule has 70 valence electrons. The summed E-state index contributed by atoms with van der Waals surface area (Å²) in [5, 5.41) is 0. The van der Waals surface area contributed by atoms with E-state index >= 15 is 0 Å². The van der Waals surface area contributed by atoms with Gasteiger partial charge in [-0.05, 0) is 5.92 Å². The molecule has 0 bridgehead atoms. The average molecular weight is 170 g/mol. The number of amides is 1. The van der Waals surface area contributed by atoms with E-state index < -0.39 is 0 Å². The first-order valence-corrected chi connectivity index (χ1v) is 4.56. The van der Waals surface area contributed by atoms with Crippen LogP contribution in [0.15, 0.2) is 0 Å². The molecule has 3 nitrogen and oxygen atoms in total. The van der Waals surface area contributed by atoms with Gasteiger partial charge in [0.15, 0.2) is 0 Å². The van der Waals surface area contributed by atoms with Gasteiger partial charge in [-0.25, -0.2) is 0 Å². The Bertz CT molecular complexity index is 168. The molecule has 0 aromatic carbocycles. The van der Waals surface area contributed by atoms with Crippen molar-refractivity contribution in [2.75, 3.05) is 33.2 Å². The van der Waals surface area contributed by atoms with Gasteiger partial charge in [0.05, 0.1) is 6.54 Å². The molecule has 0 aromatic rings. The highest BCUT2D eigenvalue weighted by molar-refractivity contribution is 5.78. The number of carbonyl (C=O) groups excluding carboxylic acids is 1. The predicted octanol–water partition coefficient (Wildman–Crippen LogP) is 0.416. The zero-order valence-corrected chi connectivity index (χ0v) is 8.21. The predicted molar refractivity (Wildman–Crippen MR) is 48.9 cm³/mol. The van der Waals surface area contributed by atoms with Crippen LogP contribution in [-0.2, 0) is 4.79 Å². The van der Waals surface area contributed by atoms with E-state index in [1.165, 1.54) is 0 Å². The monoisotopic (exact) mass is 170 g/mol. The summed E-state index contributed by atoms with van der Waals surface area (Å²) >= 11 is 0. The highest BCUT2D eigenvalue weighted by atomic mass is 16.2. The minimum absolute atomic E-state index is 0.252. The first-order chi connectivity index (χ1) is 5.59. The van der Waals surface area contributed by atoms with E-state index in [0.29, 0.717) is 12.5 Å². The maximum absolute atomic E-state index is 11.3. The fourth-order valence-electron chi connectivity index (χ4n) is 1.48. The molecule has 0 aromatic heterocycles. The molecule has 1 fully saturated rings. The lowest BCUT2D eigenvalue weighted by Gasteiger charge is -2.32. The number of hydrogen-bond donors (Lipinski definition) is 0. The van der Waals surface area contributed by atoms with Gasteiger partial charge in [0.1, 0.15) is 0 Å². The van der Waals surface area contributed by atoms with Crippen LogP contribution in [0.4, 0.5) is 0 Å². The summed E-state index contributed by atoms with van der Waals surface area (Å²) in [4.78, 5) is 15.3. The van der Waals surface area contributed by atoms with Crippen molar-refractivity contribution in [2.24, 2.45) is 5.92 Å². The normalized spacial score (nSPS) is 20.7. The first-order valence-electron chi connectivity index (χ1n) is 4.56. The molecule has 1 rings (SSSR count). The SMILES string of the molecule is CC(C)CN1CCN(C)C(=O)C1. The Morgan fingerprint density at radius 3 is 2.58 bits per heavy atom. The Labute approximate surface area is 74.3 Å². The number of rotatable bonds is 2. The molecule has 1 aliphatic rings. The topological polar surface area (TPSA) is 23.6 Å². The highest BCUT2D eigenvalue weighted by Crippen LogP contribution is 2.04. The van der Waals surface area contributed by atoms with Crippen LogP contribution in [0.2, 0.25) is 0 Å². The van der Waals surface area contributed by atoms with Crippen molar-refractivity contribution in [2.45, 2.75) is 13.8 Å². The Morgan fingerprint density at radius 1 is 1.42 bits per heavy atom. The minimum atomic E-state index is 0.252. The molecule has 0 radical (unpaired) electrons. The molecule has 1 aliphatic heterocycles. The zero-order valence-electron chi connectivity index (χ0n) is 8.21. The van der Waals surface area contributed by atoms with Crippen molar-refractivity contribution in [3.63, 3.8) is 0 Å². The van der Waals surface area contributed by atoms with Crippen molar-refractivity contribution in [1.82, 2.24) is 9.80 Å². The summed E-state index contributed by atoms with van der Waals surface area (Å²) in [6.07, 6.45) is 0. The second-order valence-electron chi connectivity index (χ2n) is 3.94. The molecular formula is C9H18N2O. The third-order valence-electron chi connectivity index (χ3n) is 2.16. The zero-order chi connectivity index (χ0) is 9.14. The molecule has 12 heavy (non-hydrogen) atoms. The van der Waals surface area contributed by atoms with Crippen LogP contribution < -0.4 is 0 Å². The maximum atomic E-state index is 11.3. The Hall–Kier alpha value is -0.570. The Kier molecular flexibility index (Phi) is 3.09. The number of nitrogens with zero attached hydrogens (tertiary/aromatic N) is 2. The van der Waals surface area contributed by atoms with E-state index in [9.17, 15) is 4.79 Å². The van der Waals surface area contributed by atoms with Crippen molar-refractivity contribution in [1.29, 1.82) is 0 Å².